The number of hydrogen-bond donors (Lipinski definition) is 3. The van der Waals surface area contributed by atoms with Crippen molar-refractivity contribution < 1.29 is 9.59 Å². The first-order valence-electron chi connectivity index (χ1n) is 9.68. The van der Waals surface area contributed by atoms with Crippen LogP contribution in [0, 0.1) is 0 Å². The van der Waals surface area contributed by atoms with E-state index < -0.39 is 6.04 Å². The summed E-state index contributed by atoms with van der Waals surface area (Å²) < 4.78 is 0. The Kier molecular flexibility index (Phi) is 7.14. The number of amides is 2. The molecule has 0 fully saturated rings. The van der Waals surface area contributed by atoms with Crippen LogP contribution in [-0.2, 0) is 16.0 Å². The van der Waals surface area contributed by atoms with Crippen LogP contribution in [0.25, 0.3) is 0 Å². The highest BCUT2D eigenvalue weighted by atomic mass is 16.2. The summed E-state index contributed by atoms with van der Waals surface area (Å²) in [6, 6.07) is 25.7. The molecule has 1 unspecified atom stereocenters. The second-order valence-electron chi connectivity index (χ2n) is 6.68. The number of hydrogen-bond acceptors (Lipinski definition) is 3. The van der Waals surface area contributed by atoms with E-state index in [1.807, 2.05) is 84.9 Å². The second-order valence-corrected chi connectivity index (χ2v) is 6.68. The fourth-order valence-electron chi connectivity index (χ4n) is 2.97. The van der Waals surface area contributed by atoms with Crippen LogP contribution >= 0.6 is 0 Å². The molecule has 0 aliphatic carbocycles. The number of nitrogens with one attached hydrogen (secondary N) is 3. The topological polar surface area (TPSA) is 70.2 Å². The Hall–Kier alpha value is -3.44. The summed E-state index contributed by atoms with van der Waals surface area (Å²) >= 11 is 0. The van der Waals surface area contributed by atoms with Crippen molar-refractivity contribution in [2.45, 2.75) is 19.4 Å². The number of carbonyl (C=O) groups excluding carboxylic acids is 2. The number of rotatable bonds is 8. The van der Waals surface area contributed by atoms with Crippen molar-refractivity contribution >= 4 is 23.2 Å². The monoisotopic (exact) mass is 387 g/mol. The molecule has 3 aromatic rings. The molecule has 0 aromatic heterocycles. The number of carbonyl (C=O) groups is 2. The lowest BCUT2D eigenvalue weighted by molar-refractivity contribution is -0.119. The molecule has 5 heteroatoms. The van der Waals surface area contributed by atoms with E-state index in [0.717, 1.165) is 17.7 Å². The smallest absolute Gasteiger partial charge is 0.246 e. The molecule has 0 spiro atoms. The van der Waals surface area contributed by atoms with Crippen molar-refractivity contribution in [3.63, 3.8) is 0 Å². The first-order chi connectivity index (χ1) is 14.2. The van der Waals surface area contributed by atoms with Gasteiger partial charge < -0.3 is 10.6 Å². The molecule has 0 aliphatic heterocycles. The van der Waals surface area contributed by atoms with Crippen LogP contribution in [0.1, 0.15) is 24.1 Å². The van der Waals surface area contributed by atoms with E-state index in [-0.39, 0.29) is 18.4 Å². The lowest BCUT2D eigenvalue weighted by Gasteiger charge is -2.19. The van der Waals surface area contributed by atoms with Gasteiger partial charge in [0.1, 0.15) is 6.04 Å². The van der Waals surface area contributed by atoms with Crippen molar-refractivity contribution in [2.75, 3.05) is 17.2 Å². The highest BCUT2D eigenvalue weighted by Gasteiger charge is 2.21. The van der Waals surface area contributed by atoms with Gasteiger partial charge in [-0.1, -0.05) is 67.6 Å². The molecule has 0 heterocycles. The van der Waals surface area contributed by atoms with Crippen molar-refractivity contribution in [2.24, 2.45) is 0 Å². The van der Waals surface area contributed by atoms with Gasteiger partial charge in [-0.05, 0) is 41.8 Å². The molecular weight excluding hydrogens is 362 g/mol. The Bertz CT molecular complexity index is 925. The maximum absolute atomic E-state index is 12.8. The van der Waals surface area contributed by atoms with Crippen LogP contribution in [0.15, 0.2) is 84.9 Å². The summed E-state index contributed by atoms with van der Waals surface area (Å²) in [5, 5.41) is 8.82. The van der Waals surface area contributed by atoms with Crippen molar-refractivity contribution in [3.8, 4) is 0 Å². The van der Waals surface area contributed by atoms with Gasteiger partial charge in [-0.3, -0.25) is 14.9 Å². The normalized spacial score (nSPS) is 11.5. The zero-order valence-corrected chi connectivity index (χ0v) is 16.4. The number of anilines is 2. The zero-order chi connectivity index (χ0) is 20.5. The van der Waals surface area contributed by atoms with Gasteiger partial charge in [0.25, 0.3) is 0 Å². The van der Waals surface area contributed by atoms with Gasteiger partial charge in [-0.2, -0.15) is 0 Å². The van der Waals surface area contributed by atoms with Gasteiger partial charge in [0, 0.05) is 11.4 Å². The average molecular weight is 387 g/mol. The van der Waals surface area contributed by atoms with E-state index >= 15 is 0 Å². The summed E-state index contributed by atoms with van der Waals surface area (Å²) in [4.78, 5) is 25.2. The van der Waals surface area contributed by atoms with E-state index in [1.54, 1.807) is 0 Å². The Morgan fingerprint density at radius 3 is 1.97 bits per heavy atom. The largest absolute Gasteiger partial charge is 0.325 e. The summed E-state index contributed by atoms with van der Waals surface area (Å²) in [7, 11) is 0. The molecule has 148 valence electrons. The molecule has 3 N–H and O–H groups in total. The molecule has 0 bridgehead atoms. The van der Waals surface area contributed by atoms with Gasteiger partial charge in [0.15, 0.2) is 0 Å². The molecule has 5 nitrogen and oxygen atoms in total. The SMILES string of the molecule is CCc1ccc(NC(=O)CNC(C(=O)Nc2ccccc2)c2ccccc2)cc1. The number of aryl methyl sites for hydroxylation is 1. The first kappa shape index (κ1) is 20.3. The standard InChI is InChI=1S/C24H25N3O2/c1-2-18-13-15-21(16-14-18)26-22(28)17-25-23(19-9-5-3-6-10-19)24(29)27-20-11-7-4-8-12-20/h3-16,23,25H,2,17H2,1H3,(H,26,28)(H,27,29). The molecule has 0 aliphatic rings. The summed E-state index contributed by atoms with van der Waals surface area (Å²) in [5.41, 5.74) is 3.45. The van der Waals surface area contributed by atoms with E-state index in [0.29, 0.717) is 5.69 Å². The quantitative estimate of drug-likeness (QED) is 0.544. The average Bonchev–Trinajstić information content (AvgIpc) is 2.76. The van der Waals surface area contributed by atoms with Gasteiger partial charge in [-0.15, -0.1) is 0 Å². The van der Waals surface area contributed by atoms with Crippen LogP contribution in [0.5, 0.6) is 0 Å². The van der Waals surface area contributed by atoms with Crippen LogP contribution < -0.4 is 16.0 Å². The van der Waals surface area contributed by atoms with Crippen LogP contribution in [0.3, 0.4) is 0 Å². The lowest BCUT2D eigenvalue weighted by atomic mass is 10.1. The van der Waals surface area contributed by atoms with E-state index in [1.165, 1.54) is 5.56 Å². The van der Waals surface area contributed by atoms with Crippen molar-refractivity contribution in [3.05, 3.63) is 96.1 Å². The van der Waals surface area contributed by atoms with Gasteiger partial charge in [0.2, 0.25) is 11.8 Å². The molecule has 0 saturated heterocycles. The highest BCUT2D eigenvalue weighted by molar-refractivity contribution is 5.97. The minimum atomic E-state index is -0.648. The molecule has 0 radical (unpaired) electrons. The first-order valence-corrected chi connectivity index (χ1v) is 9.68. The fraction of sp³-hybridized carbons (Fsp3) is 0.167. The molecule has 3 aromatic carbocycles. The minimum absolute atomic E-state index is 0.0112. The summed E-state index contributed by atoms with van der Waals surface area (Å²) in [6.45, 7) is 2.10. The van der Waals surface area contributed by atoms with Crippen molar-refractivity contribution in [1.82, 2.24) is 5.32 Å². The maximum atomic E-state index is 12.8. The van der Waals surface area contributed by atoms with E-state index in [9.17, 15) is 9.59 Å². The Labute approximate surface area is 171 Å². The van der Waals surface area contributed by atoms with E-state index in [2.05, 4.69) is 22.9 Å². The molecule has 3 rings (SSSR count). The predicted octanol–water partition coefficient (Wildman–Crippen LogP) is 4.16. The van der Waals surface area contributed by atoms with Gasteiger partial charge >= 0.3 is 0 Å². The number of benzene rings is 3. The summed E-state index contributed by atoms with van der Waals surface area (Å²) in [5.74, 6) is -0.426. The number of para-hydroxylation sites is 1. The second kappa shape index (κ2) is 10.2. The third-order valence-electron chi connectivity index (χ3n) is 4.55. The zero-order valence-electron chi connectivity index (χ0n) is 16.4. The summed E-state index contributed by atoms with van der Waals surface area (Å²) in [6.07, 6.45) is 0.949. The third kappa shape index (κ3) is 6.02. The van der Waals surface area contributed by atoms with Crippen molar-refractivity contribution in [1.29, 1.82) is 0 Å². The maximum Gasteiger partial charge on any atom is 0.246 e. The molecular formula is C24H25N3O2. The highest BCUT2D eigenvalue weighted by Crippen LogP contribution is 2.16. The Morgan fingerprint density at radius 2 is 1.34 bits per heavy atom. The molecule has 1 atom stereocenters. The predicted molar refractivity (Wildman–Crippen MR) is 117 cm³/mol. The van der Waals surface area contributed by atoms with Crippen LogP contribution in [-0.4, -0.2) is 18.4 Å². The Balaban J connectivity index is 1.64. The lowest BCUT2D eigenvalue weighted by Crippen LogP contribution is -2.37. The van der Waals surface area contributed by atoms with Gasteiger partial charge in [-0.25, -0.2) is 0 Å². The molecule has 2 amide bonds. The van der Waals surface area contributed by atoms with Gasteiger partial charge in [0.05, 0.1) is 6.54 Å². The Morgan fingerprint density at radius 1 is 0.759 bits per heavy atom. The van der Waals surface area contributed by atoms with Crippen LogP contribution in [0.4, 0.5) is 11.4 Å². The fourth-order valence-corrected chi connectivity index (χ4v) is 2.97. The van der Waals surface area contributed by atoms with E-state index in [4.69, 9.17) is 0 Å². The minimum Gasteiger partial charge on any atom is -0.325 e. The molecule has 29 heavy (non-hydrogen) atoms. The third-order valence-corrected chi connectivity index (χ3v) is 4.55. The molecule has 0 saturated carbocycles. The van der Waals surface area contributed by atoms with Crippen LogP contribution in [0.2, 0.25) is 0 Å².